The van der Waals surface area contributed by atoms with Gasteiger partial charge in [0.05, 0.1) is 24.1 Å². The van der Waals surface area contributed by atoms with Crippen LogP contribution in [-0.4, -0.2) is 44.6 Å². The van der Waals surface area contributed by atoms with Gasteiger partial charge in [-0.3, -0.25) is 14.8 Å². The zero-order valence-electron chi connectivity index (χ0n) is 16.9. The second kappa shape index (κ2) is 8.82. The molecule has 9 heteroatoms. The molecule has 6 nitrogen and oxygen atoms in total. The number of aliphatic hydroxyl groups is 1. The number of alkyl halides is 3. The molecule has 166 valence electrons. The lowest BCUT2D eigenvalue weighted by atomic mass is 9.92. The standard InChI is InChI=1S/C22H24F3N3O3/c23-22(24,25)14-4-5-15(27-12-14)11-20(29)28-10-2-1-3-18(28)21(30)17-13-26-9-8-19(17)31-16-6-7-16/h4-5,8-9,12-13,16,18,21,30H,1-3,6-7,10-11H2/t18-,21?/m0/s1. The first-order valence-electron chi connectivity index (χ1n) is 10.4. The Hall–Kier alpha value is -2.68. The number of ether oxygens (including phenoxy) is 1. The van der Waals surface area contributed by atoms with Crippen molar-refractivity contribution < 1.29 is 27.8 Å². The number of carbonyl (C=O) groups excluding carboxylic acids is 1. The molecule has 0 spiro atoms. The van der Waals surface area contributed by atoms with Gasteiger partial charge < -0.3 is 14.7 Å². The van der Waals surface area contributed by atoms with Gasteiger partial charge in [-0.1, -0.05) is 0 Å². The number of aromatic nitrogens is 2. The summed E-state index contributed by atoms with van der Waals surface area (Å²) in [6.07, 6.45) is 2.74. The number of nitrogens with zero attached hydrogens (tertiary/aromatic N) is 3. The third-order valence-corrected chi connectivity index (χ3v) is 5.67. The third-order valence-electron chi connectivity index (χ3n) is 5.67. The van der Waals surface area contributed by atoms with E-state index in [4.69, 9.17) is 4.74 Å². The Morgan fingerprint density at radius 1 is 1.19 bits per heavy atom. The van der Waals surface area contributed by atoms with Crippen LogP contribution in [0.2, 0.25) is 0 Å². The van der Waals surface area contributed by atoms with Gasteiger partial charge in [-0.2, -0.15) is 13.2 Å². The van der Waals surface area contributed by atoms with Gasteiger partial charge in [-0.25, -0.2) is 0 Å². The second-order valence-electron chi connectivity index (χ2n) is 8.04. The number of pyridine rings is 2. The maximum atomic E-state index is 13.0. The molecule has 1 N–H and O–H groups in total. The fourth-order valence-electron chi connectivity index (χ4n) is 3.84. The molecule has 2 fully saturated rings. The fraction of sp³-hybridized carbons (Fsp3) is 0.500. The van der Waals surface area contributed by atoms with Gasteiger partial charge >= 0.3 is 6.18 Å². The van der Waals surface area contributed by atoms with Crippen LogP contribution in [0.1, 0.15) is 55.0 Å². The van der Waals surface area contributed by atoms with Crippen LogP contribution in [0, 0.1) is 0 Å². The molecule has 0 bridgehead atoms. The maximum absolute atomic E-state index is 13.0. The third kappa shape index (κ3) is 5.15. The SMILES string of the molecule is O=C(Cc1ccc(C(F)(F)F)cn1)N1CCCC[C@H]1C(O)c1cnccc1OC1CC1. The first-order chi connectivity index (χ1) is 14.8. The summed E-state index contributed by atoms with van der Waals surface area (Å²) in [6, 6.07) is 3.41. The highest BCUT2D eigenvalue weighted by atomic mass is 19.4. The molecule has 1 aliphatic heterocycles. The van der Waals surface area contributed by atoms with Crippen LogP contribution in [0.15, 0.2) is 36.8 Å². The van der Waals surface area contributed by atoms with Gasteiger partial charge in [0.15, 0.2) is 0 Å². The monoisotopic (exact) mass is 435 g/mol. The van der Waals surface area contributed by atoms with E-state index in [0.717, 1.165) is 37.9 Å². The molecule has 1 amide bonds. The van der Waals surface area contributed by atoms with E-state index in [2.05, 4.69) is 9.97 Å². The maximum Gasteiger partial charge on any atom is 0.417 e. The summed E-state index contributed by atoms with van der Waals surface area (Å²) in [5, 5.41) is 11.1. The summed E-state index contributed by atoms with van der Waals surface area (Å²) in [5.74, 6) is 0.303. The Morgan fingerprint density at radius 3 is 2.68 bits per heavy atom. The zero-order chi connectivity index (χ0) is 22.0. The number of piperidine rings is 1. The van der Waals surface area contributed by atoms with Crippen LogP contribution in [0.4, 0.5) is 13.2 Å². The van der Waals surface area contributed by atoms with Crippen LogP contribution in [0.5, 0.6) is 5.75 Å². The van der Waals surface area contributed by atoms with Crippen molar-refractivity contribution in [3.8, 4) is 5.75 Å². The van der Waals surface area contributed by atoms with Crippen LogP contribution in [0.3, 0.4) is 0 Å². The molecule has 0 aromatic carbocycles. The number of carbonyl (C=O) groups is 1. The molecule has 4 rings (SSSR count). The van der Waals surface area contributed by atoms with Gasteiger partial charge in [-0.05, 0) is 50.3 Å². The van der Waals surface area contributed by atoms with Crippen LogP contribution < -0.4 is 4.74 Å². The Kier molecular flexibility index (Phi) is 6.13. The highest BCUT2D eigenvalue weighted by molar-refractivity contribution is 5.79. The van der Waals surface area contributed by atoms with Crippen molar-refractivity contribution >= 4 is 5.91 Å². The van der Waals surface area contributed by atoms with Crippen molar-refractivity contribution in [2.45, 2.75) is 63.0 Å². The lowest BCUT2D eigenvalue weighted by Gasteiger charge is -2.39. The molecule has 1 unspecified atom stereocenters. The predicted molar refractivity (Wildman–Crippen MR) is 105 cm³/mol. The normalized spacial score (nSPS) is 20.4. The van der Waals surface area contributed by atoms with Crippen molar-refractivity contribution in [2.75, 3.05) is 6.54 Å². The van der Waals surface area contributed by atoms with Crippen LogP contribution in [0.25, 0.3) is 0 Å². The molecular weight excluding hydrogens is 411 g/mol. The minimum Gasteiger partial charge on any atom is -0.490 e. The van der Waals surface area contributed by atoms with Crippen molar-refractivity contribution in [2.24, 2.45) is 0 Å². The predicted octanol–water partition coefficient (Wildman–Crippen LogP) is 3.69. The first kappa shape index (κ1) is 21.5. The lowest BCUT2D eigenvalue weighted by Crippen LogP contribution is -2.47. The zero-order valence-corrected chi connectivity index (χ0v) is 16.9. The van der Waals surface area contributed by atoms with Gasteiger partial charge in [0, 0.05) is 36.4 Å². The number of rotatable bonds is 6. The summed E-state index contributed by atoms with van der Waals surface area (Å²) in [6.45, 7) is 0.472. The van der Waals surface area contributed by atoms with E-state index in [0.29, 0.717) is 24.3 Å². The van der Waals surface area contributed by atoms with E-state index in [1.54, 1.807) is 23.4 Å². The Balaban J connectivity index is 1.49. The Labute approximate surface area is 178 Å². The van der Waals surface area contributed by atoms with E-state index in [1.165, 1.54) is 6.07 Å². The van der Waals surface area contributed by atoms with Crippen LogP contribution in [-0.2, 0) is 17.4 Å². The quantitative estimate of drug-likeness (QED) is 0.749. The molecule has 2 aromatic heterocycles. The molecule has 1 aliphatic carbocycles. The van der Waals surface area contributed by atoms with Gasteiger partial charge in [0.2, 0.25) is 5.91 Å². The number of hydrogen-bond acceptors (Lipinski definition) is 5. The topological polar surface area (TPSA) is 75.6 Å². The highest BCUT2D eigenvalue weighted by Crippen LogP contribution is 2.36. The molecule has 31 heavy (non-hydrogen) atoms. The molecule has 2 aliphatic rings. The van der Waals surface area contributed by atoms with E-state index >= 15 is 0 Å². The van der Waals surface area contributed by atoms with Crippen molar-refractivity contribution in [3.63, 3.8) is 0 Å². The average molecular weight is 435 g/mol. The number of likely N-dealkylation sites (tertiary alicyclic amines) is 1. The van der Waals surface area contributed by atoms with Gasteiger partial charge in [0.1, 0.15) is 11.9 Å². The number of amides is 1. The Morgan fingerprint density at radius 2 is 2.00 bits per heavy atom. The van der Waals surface area contributed by atoms with Crippen LogP contribution >= 0.6 is 0 Å². The number of hydrogen-bond donors (Lipinski definition) is 1. The summed E-state index contributed by atoms with van der Waals surface area (Å²) >= 11 is 0. The average Bonchev–Trinajstić information content (AvgIpc) is 3.57. The summed E-state index contributed by atoms with van der Waals surface area (Å²) in [5.41, 5.74) is -0.0440. The molecular formula is C22H24F3N3O3. The van der Waals surface area contributed by atoms with Gasteiger partial charge in [-0.15, -0.1) is 0 Å². The summed E-state index contributed by atoms with van der Waals surface area (Å²) < 4.78 is 44.1. The van der Waals surface area contributed by atoms with E-state index in [9.17, 15) is 23.1 Å². The molecule has 2 aromatic rings. The second-order valence-corrected chi connectivity index (χ2v) is 8.04. The van der Waals surface area contributed by atoms with Crippen molar-refractivity contribution in [1.29, 1.82) is 0 Å². The van der Waals surface area contributed by atoms with Gasteiger partial charge in [0.25, 0.3) is 0 Å². The lowest BCUT2D eigenvalue weighted by molar-refractivity contribution is -0.138. The smallest absolute Gasteiger partial charge is 0.417 e. The van der Waals surface area contributed by atoms with Crippen molar-refractivity contribution in [1.82, 2.24) is 14.9 Å². The Bertz CT molecular complexity index is 916. The number of halogens is 3. The van der Waals surface area contributed by atoms with Crippen molar-refractivity contribution in [3.05, 3.63) is 53.6 Å². The molecule has 1 saturated carbocycles. The minimum atomic E-state index is -4.47. The fourth-order valence-corrected chi connectivity index (χ4v) is 3.84. The minimum absolute atomic E-state index is 0.125. The largest absolute Gasteiger partial charge is 0.490 e. The first-order valence-corrected chi connectivity index (χ1v) is 10.4. The summed E-state index contributed by atoms with van der Waals surface area (Å²) in [4.78, 5) is 22.5. The number of aliphatic hydroxyl groups excluding tert-OH is 1. The summed E-state index contributed by atoms with van der Waals surface area (Å²) in [7, 11) is 0. The molecule has 0 radical (unpaired) electrons. The molecule has 2 atom stereocenters. The molecule has 3 heterocycles. The molecule has 1 saturated heterocycles. The van der Waals surface area contributed by atoms with E-state index in [-0.39, 0.29) is 24.1 Å². The van der Waals surface area contributed by atoms with E-state index in [1.807, 2.05) is 0 Å². The highest BCUT2D eigenvalue weighted by Gasteiger charge is 2.35. The van der Waals surface area contributed by atoms with E-state index < -0.39 is 23.9 Å².